The van der Waals surface area contributed by atoms with Crippen LogP contribution >= 0.6 is 0 Å². The Bertz CT molecular complexity index is 270. The third kappa shape index (κ3) is 3.83. The van der Waals surface area contributed by atoms with Gasteiger partial charge in [-0.15, -0.1) is 0 Å². The maximum atomic E-state index is 5.47. The molecule has 4 nitrogen and oxygen atoms in total. The summed E-state index contributed by atoms with van der Waals surface area (Å²) in [6.07, 6.45) is 7.28. The predicted octanol–water partition coefficient (Wildman–Crippen LogP) is 1.21. The summed E-state index contributed by atoms with van der Waals surface area (Å²) in [5.41, 5.74) is 6.68. The highest BCUT2D eigenvalue weighted by molar-refractivity contribution is 5.28. The molecule has 0 amide bonds. The van der Waals surface area contributed by atoms with Gasteiger partial charge in [-0.1, -0.05) is 13.3 Å². The smallest absolute Gasteiger partial charge is 0.225 e. The number of hydrogen-bond donors (Lipinski definition) is 1. The van der Waals surface area contributed by atoms with Gasteiger partial charge in [0.05, 0.1) is 0 Å². The quantitative estimate of drug-likeness (QED) is 0.763. The SMILES string of the molecule is CCCCc1cnc(N(C)CCN)nc1. The highest BCUT2D eigenvalue weighted by atomic mass is 15.2. The first-order valence-electron chi connectivity index (χ1n) is 5.50. The Labute approximate surface area is 91.5 Å². The van der Waals surface area contributed by atoms with Gasteiger partial charge in [-0.2, -0.15) is 0 Å². The van der Waals surface area contributed by atoms with E-state index >= 15 is 0 Å². The van der Waals surface area contributed by atoms with Gasteiger partial charge >= 0.3 is 0 Å². The maximum Gasteiger partial charge on any atom is 0.225 e. The van der Waals surface area contributed by atoms with E-state index in [1.54, 1.807) is 0 Å². The second kappa shape index (κ2) is 6.35. The summed E-state index contributed by atoms with van der Waals surface area (Å²) in [6.45, 7) is 3.59. The first-order chi connectivity index (χ1) is 7.27. The Kier molecular flexibility index (Phi) is 5.04. The molecule has 0 aromatic carbocycles. The second-order valence-corrected chi connectivity index (χ2v) is 3.71. The van der Waals surface area contributed by atoms with Crippen molar-refractivity contribution in [1.82, 2.24) is 9.97 Å². The number of unbranched alkanes of at least 4 members (excludes halogenated alkanes) is 1. The molecule has 0 aliphatic heterocycles. The maximum absolute atomic E-state index is 5.47. The monoisotopic (exact) mass is 208 g/mol. The molecule has 1 heterocycles. The van der Waals surface area contributed by atoms with E-state index in [1.165, 1.54) is 18.4 Å². The first-order valence-corrected chi connectivity index (χ1v) is 5.50. The van der Waals surface area contributed by atoms with Crippen LogP contribution in [0.4, 0.5) is 5.95 Å². The average Bonchev–Trinajstić information content (AvgIpc) is 2.27. The summed E-state index contributed by atoms with van der Waals surface area (Å²) in [5.74, 6) is 0.751. The second-order valence-electron chi connectivity index (χ2n) is 3.71. The summed E-state index contributed by atoms with van der Waals surface area (Å²) in [6, 6.07) is 0. The van der Waals surface area contributed by atoms with Crippen molar-refractivity contribution in [3.63, 3.8) is 0 Å². The van der Waals surface area contributed by atoms with E-state index in [9.17, 15) is 0 Å². The molecular formula is C11H20N4. The van der Waals surface area contributed by atoms with Crippen molar-refractivity contribution in [2.45, 2.75) is 26.2 Å². The van der Waals surface area contributed by atoms with Crippen molar-refractivity contribution in [2.24, 2.45) is 5.73 Å². The van der Waals surface area contributed by atoms with Gasteiger partial charge in [0.25, 0.3) is 0 Å². The minimum Gasteiger partial charge on any atom is -0.343 e. The molecule has 84 valence electrons. The van der Waals surface area contributed by atoms with Crippen LogP contribution in [-0.2, 0) is 6.42 Å². The van der Waals surface area contributed by atoms with E-state index in [0.29, 0.717) is 6.54 Å². The fourth-order valence-electron chi connectivity index (χ4n) is 1.35. The van der Waals surface area contributed by atoms with Gasteiger partial charge in [-0.25, -0.2) is 9.97 Å². The Morgan fingerprint density at radius 3 is 2.53 bits per heavy atom. The Hall–Kier alpha value is -1.16. The number of nitrogens with two attached hydrogens (primary N) is 1. The minimum absolute atomic E-state index is 0.622. The van der Waals surface area contributed by atoms with Gasteiger partial charge < -0.3 is 10.6 Å². The number of hydrogen-bond acceptors (Lipinski definition) is 4. The molecule has 1 aromatic heterocycles. The van der Waals surface area contributed by atoms with Crippen LogP contribution in [0.1, 0.15) is 25.3 Å². The average molecular weight is 208 g/mol. The zero-order valence-electron chi connectivity index (χ0n) is 9.61. The molecule has 0 aliphatic rings. The molecule has 0 unspecified atom stereocenters. The van der Waals surface area contributed by atoms with E-state index in [-0.39, 0.29) is 0 Å². The summed E-state index contributed by atoms with van der Waals surface area (Å²) >= 11 is 0. The first kappa shape index (κ1) is 11.9. The van der Waals surface area contributed by atoms with Crippen molar-refractivity contribution in [3.05, 3.63) is 18.0 Å². The number of likely N-dealkylation sites (N-methyl/N-ethyl adjacent to an activating group) is 1. The molecule has 1 rings (SSSR count). The van der Waals surface area contributed by atoms with E-state index < -0.39 is 0 Å². The Morgan fingerprint density at radius 1 is 1.33 bits per heavy atom. The number of aryl methyl sites for hydroxylation is 1. The minimum atomic E-state index is 0.622. The molecule has 0 spiro atoms. The molecular weight excluding hydrogens is 188 g/mol. The van der Waals surface area contributed by atoms with Gasteiger partial charge in [-0.05, 0) is 18.4 Å². The molecule has 0 radical (unpaired) electrons. The summed E-state index contributed by atoms with van der Waals surface area (Å²) in [5, 5.41) is 0. The Morgan fingerprint density at radius 2 is 2.00 bits per heavy atom. The van der Waals surface area contributed by atoms with Crippen molar-refractivity contribution in [3.8, 4) is 0 Å². The number of aromatic nitrogens is 2. The molecule has 0 aliphatic carbocycles. The van der Waals surface area contributed by atoms with Crippen molar-refractivity contribution in [2.75, 3.05) is 25.0 Å². The molecule has 15 heavy (non-hydrogen) atoms. The van der Waals surface area contributed by atoms with Gasteiger partial charge in [0, 0.05) is 32.5 Å². The van der Waals surface area contributed by atoms with E-state index in [0.717, 1.165) is 18.9 Å². The molecule has 0 fully saturated rings. The summed E-state index contributed by atoms with van der Waals surface area (Å²) in [4.78, 5) is 10.6. The van der Waals surface area contributed by atoms with Crippen LogP contribution < -0.4 is 10.6 Å². The third-order valence-electron chi connectivity index (χ3n) is 2.32. The summed E-state index contributed by atoms with van der Waals surface area (Å²) in [7, 11) is 1.95. The molecule has 0 saturated carbocycles. The van der Waals surface area contributed by atoms with Gasteiger partial charge in [0.1, 0.15) is 0 Å². The molecule has 0 bridgehead atoms. The van der Waals surface area contributed by atoms with Crippen LogP contribution in [0, 0.1) is 0 Å². The van der Waals surface area contributed by atoms with Crippen LogP contribution in [0.25, 0.3) is 0 Å². The lowest BCUT2D eigenvalue weighted by Crippen LogP contribution is -2.26. The van der Waals surface area contributed by atoms with E-state index in [1.807, 2.05) is 24.3 Å². The summed E-state index contributed by atoms with van der Waals surface area (Å²) < 4.78 is 0. The van der Waals surface area contributed by atoms with Crippen molar-refractivity contribution >= 4 is 5.95 Å². The van der Waals surface area contributed by atoms with Crippen molar-refractivity contribution < 1.29 is 0 Å². The molecule has 2 N–H and O–H groups in total. The van der Waals surface area contributed by atoms with Crippen molar-refractivity contribution in [1.29, 1.82) is 0 Å². The number of anilines is 1. The lowest BCUT2D eigenvalue weighted by atomic mass is 10.2. The molecule has 4 heteroatoms. The standard InChI is InChI=1S/C11H20N4/c1-3-4-5-10-8-13-11(14-9-10)15(2)7-6-12/h8-9H,3-7,12H2,1-2H3. The fraction of sp³-hybridized carbons (Fsp3) is 0.636. The van der Waals surface area contributed by atoms with Gasteiger partial charge in [-0.3, -0.25) is 0 Å². The van der Waals surface area contributed by atoms with Crippen LogP contribution in [0.3, 0.4) is 0 Å². The largest absolute Gasteiger partial charge is 0.343 e. The lowest BCUT2D eigenvalue weighted by molar-refractivity contribution is 0.782. The van der Waals surface area contributed by atoms with Crippen LogP contribution in [-0.4, -0.2) is 30.1 Å². The zero-order valence-corrected chi connectivity index (χ0v) is 9.61. The highest BCUT2D eigenvalue weighted by Gasteiger charge is 2.02. The Balaban J connectivity index is 2.55. The molecule has 1 aromatic rings. The molecule has 0 atom stereocenters. The van der Waals surface area contributed by atoms with Crippen LogP contribution in [0.2, 0.25) is 0 Å². The van der Waals surface area contributed by atoms with Crippen LogP contribution in [0.5, 0.6) is 0 Å². The van der Waals surface area contributed by atoms with Gasteiger partial charge in [0.2, 0.25) is 5.95 Å². The van der Waals surface area contributed by atoms with Gasteiger partial charge in [0.15, 0.2) is 0 Å². The van der Waals surface area contributed by atoms with E-state index in [4.69, 9.17) is 5.73 Å². The normalized spacial score (nSPS) is 10.3. The predicted molar refractivity (Wildman–Crippen MR) is 63.0 cm³/mol. The zero-order chi connectivity index (χ0) is 11.1. The van der Waals surface area contributed by atoms with Crippen LogP contribution in [0.15, 0.2) is 12.4 Å². The molecule has 0 saturated heterocycles. The van der Waals surface area contributed by atoms with E-state index in [2.05, 4.69) is 16.9 Å². The fourth-order valence-corrected chi connectivity index (χ4v) is 1.35. The number of nitrogens with zero attached hydrogens (tertiary/aromatic N) is 3. The topological polar surface area (TPSA) is 55.0 Å². The third-order valence-corrected chi connectivity index (χ3v) is 2.32. The highest BCUT2D eigenvalue weighted by Crippen LogP contribution is 2.06. The number of rotatable bonds is 6. The lowest BCUT2D eigenvalue weighted by Gasteiger charge is -2.15.